The molecule has 0 amide bonds. The molecule has 0 saturated carbocycles. The number of esters is 1. The van der Waals surface area contributed by atoms with Crippen LogP contribution in [0, 0.1) is 0 Å². The number of hydrogen-bond acceptors (Lipinski definition) is 4. The Hall–Kier alpha value is -3.24. The molecule has 0 aliphatic rings. The molecular weight excluding hydrogens is 338 g/mol. The summed E-state index contributed by atoms with van der Waals surface area (Å²) in [5.41, 5.74) is 8.10. The van der Waals surface area contributed by atoms with E-state index in [0.29, 0.717) is 6.42 Å². The summed E-state index contributed by atoms with van der Waals surface area (Å²) >= 11 is 0. The van der Waals surface area contributed by atoms with Crippen LogP contribution in [0.1, 0.15) is 21.5 Å². The topological polar surface area (TPSA) is 69.4 Å². The van der Waals surface area contributed by atoms with Crippen LogP contribution in [0.3, 0.4) is 0 Å². The number of ether oxygens (including phenoxy) is 1. The van der Waals surface area contributed by atoms with Crippen LogP contribution in [0.4, 0.5) is 0 Å². The van der Waals surface area contributed by atoms with Crippen LogP contribution in [0.15, 0.2) is 91.0 Å². The number of carbonyl (C=O) groups excluding carboxylic acids is 2. The fourth-order valence-corrected chi connectivity index (χ4v) is 2.45. The normalized spacial score (nSPS) is 10.9. The number of nitrogens with two attached hydrogens (primary N) is 1. The third kappa shape index (κ3) is 6.53. The van der Waals surface area contributed by atoms with Gasteiger partial charge in [-0.15, -0.1) is 0 Å². The molecule has 3 aromatic rings. The second-order valence-electron chi connectivity index (χ2n) is 5.88. The highest BCUT2D eigenvalue weighted by atomic mass is 16.5. The lowest BCUT2D eigenvalue weighted by molar-refractivity contribution is -0.142. The van der Waals surface area contributed by atoms with Crippen molar-refractivity contribution >= 4 is 11.8 Å². The van der Waals surface area contributed by atoms with Crippen LogP contribution in [-0.4, -0.2) is 24.9 Å². The zero-order valence-electron chi connectivity index (χ0n) is 15.2. The van der Waals surface area contributed by atoms with E-state index in [1.165, 1.54) is 7.11 Å². The molecule has 0 bridgehead atoms. The molecule has 0 aliphatic carbocycles. The molecule has 0 saturated heterocycles. The Balaban J connectivity index is 0.000000194. The molecule has 0 fully saturated rings. The highest BCUT2D eigenvalue weighted by molar-refractivity contribution is 6.08. The summed E-state index contributed by atoms with van der Waals surface area (Å²) in [6.45, 7) is 0. The maximum atomic E-state index is 11.8. The van der Waals surface area contributed by atoms with Gasteiger partial charge in [-0.05, 0) is 12.0 Å². The Kier molecular flexibility index (Phi) is 7.94. The van der Waals surface area contributed by atoms with E-state index >= 15 is 0 Å². The highest BCUT2D eigenvalue weighted by Crippen LogP contribution is 2.08. The summed E-state index contributed by atoms with van der Waals surface area (Å²) in [5, 5.41) is 0. The third-order valence-electron chi connectivity index (χ3n) is 3.87. The Bertz CT molecular complexity index is 792. The van der Waals surface area contributed by atoms with Crippen LogP contribution in [0.2, 0.25) is 0 Å². The molecule has 0 aromatic heterocycles. The first-order valence-electron chi connectivity index (χ1n) is 8.64. The lowest BCUT2D eigenvalue weighted by Crippen LogP contribution is -2.33. The second kappa shape index (κ2) is 10.7. The maximum absolute atomic E-state index is 11.8. The molecule has 0 heterocycles. The molecule has 0 spiro atoms. The smallest absolute Gasteiger partial charge is 0.322 e. The van der Waals surface area contributed by atoms with Gasteiger partial charge in [-0.1, -0.05) is 91.0 Å². The van der Waals surface area contributed by atoms with Gasteiger partial charge in [0.05, 0.1) is 7.11 Å². The Labute approximate surface area is 159 Å². The fourth-order valence-electron chi connectivity index (χ4n) is 2.45. The van der Waals surface area contributed by atoms with E-state index in [9.17, 15) is 9.59 Å². The van der Waals surface area contributed by atoms with Gasteiger partial charge in [0.25, 0.3) is 0 Å². The number of hydrogen-bond donors (Lipinski definition) is 1. The summed E-state index contributed by atoms with van der Waals surface area (Å²) in [6, 6.07) is 27.7. The lowest BCUT2D eigenvalue weighted by Gasteiger charge is -2.08. The molecule has 2 N–H and O–H groups in total. The van der Waals surface area contributed by atoms with Gasteiger partial charge in [-0.3, -0.25) is 9.59 Å². The summed E-state index contributed by atoms with van der Waals surface area (Å²) in [5.74, 6) is -0.296. The van der Waals surface area contributed by atoms with E-state index in [-0.39, 0.29) is 11.8 Å². The van der Waals surface area contributed by atoms with Gasteiger partial charge in [0, 0.05) is 11.1 Å². The molecule has 0 aliphatic heterocycles. The van der Waals surface area contributed by atoms with Crippen molar-refractivity contribution in [1.82, 2.24) is 0 Å². The van der Waals surface area contributed by atoms with E-state index in [0.717, 1.165) is 16.7 Å². The van der Waals surface area contributed by atoms with Crippen molar-refractivity contribution in [2.24, 2.45) is 5.73 Å². The van der Waals surface area contributed by atoms with E-state index in [1.54, 1.807) is 0 Å². The molecule has 138 valence electrons. The van der Waals surface area contributed by atoms with E-state index in [2.05, 4.69) is 4.74 Å². The summed E-state index contributed by atoms with van der Waals surface area (Å²) in [7, 11) is 1.34. The highest BCUT2D eigenvalue weighted by Gasteiger charge is 2.13. The minimum atomic E-state index is -0.563. The third-order valence-corrected chi connectivity index (χ3v) is 3.87. The SMILES string of the molecule is COC(=O)[C@H](N)Cc1ccccc1.O=C(c1ccccc1)c1ccccc1. The van der Waals surface area contributed by atoms with Crippen LogP contribution < -0.4 is 5.73 Å². The number of methoxy groups -OCH3 is 1. The standard InChI is InChI=1S/C13H10O.C10H13NO2/c14-13(11-7-3-1-4-8-11)12-9-5-2-6-10-12;1-13-10(12)9(11)7-8-5-3-2-4-6-8/h1-10H;2-6,9H,7,11H2,1H3/t;9-/m.1/s1. The van der Waals surface area contributed by atoms with Crippen LogP contribution in [-0.2, 0) is 16.0 Å². The van der Waals surface area contributed by atoms with Gasteiger partial charge in [0.1, 0.15) is 6.04 Å². The first-order chi connectivity index (χ1) is 13.1. The van der Waals surface area contributed by atoms with Crippen LogP contribution >= 0.6 is 0 Å². The molecule has 4 nitrogen and oxygen atoms in total. The molecule has 1 atom stereocenters. The molecule has 0 radical (unpaired) electrons. The van der Waals surface area contributed by atoms with E-state index in [1.807, 2.05) is 91.0 Å². The van der Waals surface area contributed by atoms with Crippen molar-refractivity contribution in [3.05, 3.63) is 108 Å². The van der Waals surface area contributed by atoms with E-state index < -0.39 is 6.04 Å². The summed E-state index contributed by atoms with van der Waals surface area (Å²) in [6.07, 6.45) is 0.521. The number of benzene rings is 3. The average Bonchev–Trinajstić information content (AvgIpc) is 2.75. The second-order valence-corrected chi connectivity index (χ2v) is 5.88. The molecule has 3 rings (SSSR count). The van der Waals surface area contributed by atoms with Crippen molar-refractivity contribution in [1.29, 1.82) is 0 Å². The molecular formula is C23H23NO3. The summed E-state index contributed by atoms with van der Waals surface area (Å²) in [4.78, 5) is 22.8. The Morgan fingerprint density at radius 3 is 1.59 bits per heavy atom. The number of carbonyl (C=O) groups is 2. The van der Waals surface area contributed by atoms with Crippen molar-refractivity contribution < 1.29 is 14.3 Å². The quantitative estimate of drug-likeness (QED) is 0.556. The zero-order valence-corrected chi connectivity index (χ0v) is 15.2. The first kappa shape index (κ1) is 20.1. The summed E-state index contributed by atoms with van der Waals surface area (Å²) < 4.78 is 4.52. The number of rotatable bonds is 5. The Morgan fingerprint density at radius 2 is 1.19 bits per heavy atom. The van der Waals surface area contributed by atoms with Gasteiger partial charge in [-0.25, -0.2) is 0 Å². The van der Waals surface area contributed by atoms with Gasteiger partial charge >= 0.3 is 5.97 Å². The van der Waals surface area contributed by atoms with Crippen LogP contribution in [0.5, 0.6) is 0 Å². The van der Waals surface area contributed by atoms with Crippen LogP contribution in [0.25, 0.3) is 0 Å². The van der Waals surface area contributed by atoms with Crippen molar-refractivity contribution in [2.45, 2.75) is 12.5 Å². The lowest BCUT2D eigenvalue weighted by atomic mass is 10.0. The minimum absolute atomic E-state index is 0.0752. The molecule has 3 aromatic carbocycles. The van der Waals surface area contributed by atoms with Gasteiger partial charge in [-0.2, -0.15) is 0 Å². The zero-order chi connectivity index (χ0) is 19.5. The van der Waals surface area contributed by atoms with Gasteiger partial charge < -0.3 is 10.5 Å². The maximum Gasteiger partial charge on any atom is 0.322 e. The van der Waals surface area contributed by atoms with E-state index in [4.69, 9.17) is 5.73 Å². The van der Waals surface area contributed by atoms with Crippen molar-refractivity contribution in [3.63, 3.8) is 0 Å². The molecule has 27 heavy (non-hydrogen) atoms. The predicted octanol–water partition coefficient (Wildman–Crippen LogP) is 3.65. The number of ketones is 1. The minimum Gasteiger partial charge on any atom is -0.468 e. The monoisotopic (exact) mass is 361 g/mol. The molecule has 4 heteroatoms. The Morgan fingerprint density at radius 1 is 0.778 bits per heavy atom. The van der Waals surface area contributed by atoms with Gasteiger partial charge in [0.15, 0.2) is 5.78 Å². The average molecular weight is 361 g/mol. The van der Waals surface area contributed by atoms with Crippen molar-refractivity contribution in [2.75, 3.05) is 7.11 Å². The first-order valence-corrected chi connectivity index (χ1v) is 8.64. The molecule has 0 unspecified atom stereocenters. The van der Waals surface area contributed by atoms with Gasteiger partial charge in [0.2, 0.25) is 0 Å². The van der Waals surface area contributed by atoms with Crippen molar-refractivity contribution in [3.8, 4) is 0 Å². The predicted molar refractivity (Wildman–Crippen MR) is 106 cm³/mol. The fraction of sp³-hybridized carbons (Fsp3) is 0.130. The largest absolute Gasteiger partial charge is 0.468 e.